The predicted molar refractivity (Wildman–Crippen MR) is 95.8 cm³/mol. The molecule has 0 aromatic heterocycles. The van der Waals surface area contributed by atoms with Crippen LogP contribution in [0, 0.1) is 0 Å². The smallest absolute Gasteiger partial charge is 0.0966 e. The Morgan fingerprint density at radius 3 is 2.68 bits per heavy atom. The van der Waals surface area contributed by atoms with E-state index in [-0.39, 0.29) is 6.10 Å². The van der Waals surface area contributed by atoms with Gasteiger partial charge in [0.05, 0.1) is 19.3 Å². The Morgan fingerprint density at radius 1 is 1.14 bits per heavy atom. The number of hydrogen-bond acceptors (Lipinski definition) is 5. The summed E-state index contributed by atoms with van der Waals surface area (Å²) in [4.78, 5) is 0. The van der Waals surface area contributed by atoms with Gasteiger partial charge in [-0.1, -0.05) is 30.3 Å². The van der Waals surface area contributed by atoms with Crippen molar-refractivity contribution in [3.8, 4) is 0 Å². The van der Waals surface area contributed by atoms with E-state index in [1.165, 1.54) is 28.6 Å². The second kappa shape index (κ2) is 9.18. The van der Waals surface area contributed by atoms with Crippen molar-refractivity contribution in [2.75, 3.05) is 36.2 Å². The third kappa shape index (κ3) is 5.17. The van der Waals surface area contributed by atoms with Gasteiger partial charge in [0.25, 0.3) is 0 Å². The van der Waals surface area contributed by atoms with Gasteiger partial charge < -0.3 is 14.8 Å². The molecule has 122 valence electrons. The molecular weight excluding hydrogens is 314 g/mol. The topological polar surface area (TPSA) is 30.5 Å². The fourth-order valence-corrected chi connectivity index (χ4v) is 5.28. The highest BCUT2D eigenvalue weighted by molar-refractivity contribution is 8.03. The number of benzene rings is 1. The molecule has 0 radical (unpaired) electrons. The Balaban J connectivity index is 1.51. The SMILES string of the molecule is c1ccc(CO[C@@H]2COCC[C@H]2NC2CSCCSC2)cc1. The van der Waals surface area contributed by atoms with Gasteiger partial charge in [0.1, 0.15) is 0 Å². The van der Waals surface area contributed by atoms with Gasteiger partial charge in [-0.15, -0.1) is 0 Å². The second-order valence-electron chi connectivity index (χ2n) is 5.82. The molecule has 0 aliphatic carbocycles. The summed E-state index contributed by atoms with van der Waals surface area (Å²) in [5.74, 6) is 5.00. The predicted octanol–water partition coefficient (Wildman–Crippen LogP) is 2.80. The van der Waals surface area contributed by atoms with Crippen molar-refractivity contribution in [2.24, 2.45) is 0 Å². The summed E-state index contributed by atoms with van der Waals surface area (Å²) in [6.07, 6.45) is 1.21. The van der Waals surface area contributed by atoms with Crippen molar-refractivity contribution in [3.63, 3.8) is 0 Å². The van der Waals surface area contributed by atoms with E-state index in [1.54, 1.807) is 0 Å². The molecule has 0 unspecified atom stereocenters. The molecule has 22 heavy (non-hydrogen) atoms. The van der Waals surface area contributed by atoms with Gasteiger partial charge in [-0.25, -0.2) is 0 Å². The van der Waals surface area contributed by atoms with Crippen LogP contribution in [0.1, 0.15) is 12.0 Å². The molecule has 0 bridgehead atoms. The van der Waals surface area contributed by atoms with Crippen LogP contribution in [0.3, 0.4) is 0 Å². The Morgan fingerprint density at radius 2 is 1.91 bits per heavy atom. The van der Waals surface area contributed by atoms with Crippen molar-refractivity contribution in [1.82, 2.24) is 5.32 Å². The Hall–Kier alpha value is -0.200. The zero-order valence-corrected chi connectivity index (χ0v) is 14.5. The normalized spacial score (nSPS) is 27.5. The summed E-state index contributed by atoms with van der Waals surface area (Å²) >= 11 is 4.14. The van der Waals surface area contributed by atoms with Crippen LogP contribution >= 0.6 is 23.5 Å². The third-order valence-electron chi connectivity index (χ3n) is 4.07. The highest BCUT2D eigenvalue weighted by Crippen LogP contribution is 2.20. The van der Waals surface area contributed by atoms with Gasteiger partial charge >= 0.3 is 0 Å². The van der Waals surface area contributed by atoms with E-state index in [2.05, 4.69) is 53.1 Å². The Labute approximate surface area is 141 Å². The van der Waals surface area contributed by atoms with E-state index in [1.807, 2.05) is 6.07 Å². The maximum atomic E-state index is 6.15. The molecule has 1 aromatic rings. The molecule has 3 nitrogen and oxygen atoms in total. The lowest BCUT2D eigenvalue weighted by molar-refractivity contribution is -0.0767. The molecule has 2 atom stereocenters. The first-order valence-corrected chi connectivity index (χ1v) is 10.4. The molecule has 2 fully saturated rings. The maximum absolute atomic E-state index is 6.15. The minimum absolute atomic E-state index is 0.159. The average molecular weight is 340 g/mol. The van der Waals surface area contributed by atoms with Gasteiger partial charge in [0, 0.05) is 41.7 Å². The Bertz CT molecular complexity index is 424. The molecule has 5 heteroatoms. The summed E-state index contributed by atoms with van der Waals surface area (Å²) in [6, 6.07) is 11.4. The molecule has 0 saturated carbocycles. The molecule has 1 N–H and O–H groups in total. The van der Waals surface area contributed by atoms with E-state index >= 15 is 0 Å². The van der Waals surface area contributed by atoms with E-state index in [0.717, 1.165) is 13.0 Å². The number of nitrogens with one attached hydrogen (secondary N) is 1. The van der Waals surface area contributed by atoms with Crippen molar-refractivity contribution in [2.45, 2.75) is 31.2 Å². The molecule has 2 aliphatic heterocycles. The van der Waals surface area contributed by atoms with Crippen LogP contribution in [0.2, 0.25) is 0 Å². The average Bonchev–Trinajstić information content (AvgIpc) is 2.84. The van der Waals surface area contributed by atoms with Crippen LogP contribution in [0.4, 0.5) is 0 Å². The molecule has 1 aromatic carbocycles. The number of ether oxygens (including phenoxy) is 2. The minimum atomic E-state index is 0.159. The summed E-state index contributed by atoms with van der Waals surface area (Å²) in [6.45, 7) is 2.22. The van der Waals surface area contributed by atoms with Crippen LogP contribution in [-0.2, 0) is 16.1 Å². The second-order valence-corrected chi connectivity index (χ2v) is 8.12. The van der Waals surface area contributed by atoms with Crippen molar-refractivity contribution < 1.29 is 9.47 Å². The highest BCUT2D eigenvalue weighted by Gasteiger charge is 2.28. The zero-order valence-electron chi connectivity index (χ0n) is 12.9. The molecule has 0 amide bonds. The van der Waals surface area contributed by atoms with Crippen molar-refractivity contribution >= 4 is 23.5 Å². The highest BCUT2D eigenvalue weighted by atomic mass is 32.2. The lowest BCUT2D eigenvalue weighted by Gasteiger charge is -2.34. The minimum Gasteiger partial charge on any atom is -0.379 e. The fraction of sp³-hybridized carbons (Fsp3) is 0.647. The summed E-state index contributed by atoms with van der Waals surface area (Å²) in [5, 5.41) is 3.84. The zero-order chi connectivity index (χ0) is 15.0. The van der Waals surface area contributed by atoms with Gasteiger partial charge in [-0.3, -0.25) is 0 Å². The summed E-state index contributed by atoms with van der Waals surface area (Å²) in [7, 11) is 0. The van der Waals surface area contributed by atoms with Crippen molar-refractivity contribution in [1.29, 1.82) is 0 Å². The van der Waals surface area contributed by atoms with E-state index in [9.17, 15) is 0 Å². The van der Waals surface area contributed by atoms with Crippen molar-refractivity contribution in [3.05, 3.63) is 35.9 Å². The third-order valence-corrected chi connectivity index (χ3v) is 6.59. The monoisotopic (exact) mass is 339 g/mol. The standard InChI is InChI=1S/C17H25NO2S2/c1-2-4-14(5-3-1)10-20-17-11-19-7-6-16(17)18-15-12-21-8-9-22-13-15/h1-5,15-18H,6-13H2/t16-,17-/m1/s1. The number of hydrogen-bond donors (Lipinski definition) is 1. The summed E-state index contributed by atoms with van der Waals surface area (Å²) < 4.78 is 11.8. The van der Waals surface area contributed by atoms with E-state index < -0.39 is 0 Å². The van der Waals surface area contributed by atoms with Gasteiger partial charge in [-0.2, -0.15) is 23.5 Å². The molecule has 2 aliphatic rings. The van der Waals surface area contributed by atoms with Crippen LogP contribution in [0.25, 0.3) is 0 Å². The Kier molecular flexibility index (Phi) is 6.95. The molecule has 2 heterocycles. The van der Waals surface area contributed by atoms with Gasteiger partial charge in [-0.05, 0) is 12.0 Å². The van der Waals surface area contributed by atoms with Gasteiger partial charge in [0.15, 0.2) is 0 Å². The molecule has 3 rings (SSSR count). The fourth-order valence-electron chi connectivity index (χ4n) is 2.86. The first-order chi connectivity index (χ1) is 10.9. The molecular formula is C17H25NO2S2. The quantitative estimate of drug-likeness (QED) is 0.891. The van der Waals surface area contributed by atoms with E-state index in [4.69, 9.17) is 9.47 Å². The largest absolute Gasteiger partial charge is 0.379 e. The van der Waals surface area contributed by atoms with Crippen LogP contribution in [0.5, 0.6) is 0 Å². The lowest BCUT2D eigenvalue weighted by Crippen LogP contribution is -2.52. The van der Waals surface area contributed by atoms with Gasteiger partial charge in [0.2, 0.25) is 0 Å². The molecule has 2 saturated heterocycles. The first kappa shape index (κ1) is 16.7. The van der Waals surface area contributed by atoms with Crippen LogP contribution < -0.4 is 5.32 Å². The maximum Gasteiger partial charge on any atom is 0.0966 e. The number of thioether (sulfide) groups is 2. The van der Waals surface area contributed by atoms with Crippen LogP contribution in [-0.4, -0.2) is 54.4 Å². The lowest BCUT2D eigenvalue weighted by atomic mass is 10.0. The molecule has 0 spiro atoms. The summed E-state index contributed by atoms with van der Waals surface area (Å²) in [5.41, 5.74) is 1.23. The first-order valence-electron chi connectivity index (χ1n) is 8.06. The van der Waals surface area contributed by atoms with E-state index in [0.29, 0.717) is 25.3 Å². The van der Waals surface area contributed by atoms with Crippen LogP contribution in [0.15, 0.2) is 30.3 Å². The number of rotatable bonds is 5.